The smallest absolute Gasteiger partial charge is 0.155 e. The van der Waals surface area contributed by atoms with Gasteiger partial charge >= 0.3 is 0 Å². The van der Waals surface area contributed by atoms with Crippen LogP contribution >= 0.6 is 0 Å². The quantitative estimate of drug-likeness (QED) is 0.534. The summed E-state index contributed by atoms with van der Waals surface area (Å²) in [5.74, 6) is 1.29. The minimum Gasteiger partial charge on any atom is -0.497 e. The lowest BCUT2D eigenvalue weighted by atomic mass is 10.2. The van der Waals surface area contributed by atoms with Crippen LogP contribution < -0.4 is 9.47 Å². The van der Waals surface area contributed by atoms with Crippen LogP contribution in [0.3, 0.4) is 0 Å². The van der Waals surface area contributed by atoms with E-state index in [9.17, 15) is 4.91 Å². The van der Waals surface area contributed by atoms with Crippen molar-refractivity contribution in [2.24, 2.45) is 5.34 Å². The summed E-state index contributed by atoms with van der Waals surface area (Å²) in [6, 6.07) is 5.22. The highest BCUT2D eigenvalue weighted by atomic mass is 16.7. The largest absolute Gasteiger partial charge is 0.497 e. The Morgan fingerprint density at radius 2 is 1.71 bits per heavy atom. The van der Waals surface area contributed by atoms with Crippen molar-refractivity contribution in [3.05, 3.63) is 28.7 Å². The van der Waals surface area contributed by atoms with E-state index < -0.39 is 0 Å². The molecule has 0 spiro atoms. The Balaban J connectivity index is 2.86. The lowest BCUT2D eigenvalue weighted by Gasteiger charge is -2.06. The molecule has 1 aromatic carbocycles. The molecule has 5 heteroatoms. The average molecular weight is 197 g/mol. The number of hydrogen-bond donors (Lipinski definition) is 0. The number of rotatable bonds is 5. The van der Waals surface area contributed by atoms with Crippen LogP contribution in [0.15, 0.2) is 23.5 Å². The third-order valence-corrected chi connectivity index (χ3v) is 1.70. The van der Waals surface area contributed by atoms with Crippen LogP contribution in [0.4, 0.5) is 0 Å². The maximum Gasteiger partial charge on any atom is 0.155 e. The van der Waals surface area contributed by atoms with Crippen molar-refractivity contribution in [3.63, 3.8) is 0 Å². The monoisotopic (exact) mass is 197 g/mol. The van der Waals surface area contributed by atoms with Crippen molar-refractivity contribution in [1.29, 1.82) is 0 Å². The number of methoxy groups -OCH3 is 2. The molecule has 0 aliphatic rings. The fourth-order valence-corrected chi connectivity index (χ4v) is 1.05. The molecular formula is C9H11NO4. The van der Waals surface area contributed by atoms with Gasteiger partial charge in [-0.05, 0) is 17.7 Å². The summed E-state index contributed by atoms with van der Waals surface area (Å²) in [5, 5.41) is 2.31. The molecule has 0 aliphatic heterocycles. The first-order valence-corrected chi connectivity index (χ1v) is 3.96. The van der Waals surface area contributed by atoms with Gasteiger partial charge in [0.2, 0.25) is 0 Å². The van der Waals surface area contributed by atoms with Gasteiger partial charge in [-0.15, -0.1) is 4.91 Å². The van der Waals surface area contributed by atoms with Crippen LogP contribution in [0, 0.1) is 4.91 Å². The summed E-state index contributed by atoms with van der Waals surface area (Å²) >= 11 is 0. The Kier molecular flexibility index (Phi) is 3.72. The summed E-state index contributed by atoms with van der Waals surface area (Å²) in [6.07, 6.45) is 0. The third kappa shape index (κ3) is 2.62. The first-order valence-electron chi connectivity index (χ1n) is 3.96. The Labute approximate surface area is 81.5 Å². The highest BCUT2D eigenvalue weighted by Gasteiger charge is 2.02. The fourth-order valence-electron chi connectivity index (χ4n) is 1.05. The van der Waals surface area contributed by atoms with Gasteiger partial charge in [0.15, 0.2) is 5.34 Å². The highest BCUT2D eigenvalue weighted by molar-refractivity contribution is 5.38. The van der Waals surface area contributed by atoms with Crippen LogP contribution in [0.1, 0.15) is 5.56 Å². The minimum atomic E-state index is 0.108. The van der Waals surface area contributed by atoms with Crippen molar-refractivity contribution < 1.29 is 14.3 Å². The maximum absolute atomic E-state index is 9.75. The number of ether oxygens (including phenoxy) is 2. The third-order valence-electron chi connectivity index (χ3n) is 1.70. The molecule has 0 bridgehead atoms. The van der Waals surface area contributed by atoms with Gasteiger partial charge in [0.1, 0.15) is 18.1 Å². The van der Waals surface area contributed by atoms with Crippen LogP contribution in [0.25, 0.3) is 0 Å². The molecule has 0 fully saturated rings. The van der Waals surface area contributed by atoms with Gasteiger partial charge in [-0.2, -0.15) is 0 Å². The van der Waals surface area contributed by atoms with Crippen molar-refractivity contribution in [2.45, 2.75) is 6.61 Å². The van der Waals surface area contributed by atoms with Crippen molar-refractivity contribution in [1.82, 2.24) is 0 Å². The zero-order chi connectivity index (χ0) is 10.4. The molecule has 0 saturated carbocycles. The minimum absolute atomic E-state index is 0.108. The van der Waals surface area contributed by atoms with Gasteiger partial charge in [-0.1, -0.05) is 0 Å². The van der Waals surface area contributed by atoms with Gasteiger partial charge < -0.3 is 14.3 Å². The Morgan fingerprint density at radius 3 is 2.14 bits per heavy atom. The van der Waals surface area contributed by atoms with Crippen molar-refractivity contribution in [2.75, 3.05) is 14.2 Å². The first kappa shape index (κ1) is 10.3. The van der Waals surface area contributed by atoms with Crippen LogP contribution in [0.2, 0.25) is 0 Å². The number of hydrogen-bond acceptors (Lipinski definition) is 5. The van der Waals surface area contributed by atoms with Gasteiger partial charge in [0, 0.05) is 6.07 Å². The molecule has 76 valence electrons. The second-order valence-corrected chi connectivity index (χ2v) is 2.57. The summed E-state index contributed by atoms with van der Waals surface area (Å²) in [6.45, 7) is 0.108. The molecular weight excluding hydrogens is 186 g/mol. The Hall–Kier alpha value is -1.78. The molecule has 0 unspecified atom stereocenters. The van der Waals surface area contributed by atoms with Crippen LogP contribution in [-0.4, -0.2) is 14.2 Å². The lowest BCUT2D eigenvalue weighted by molar-refractivity contribution is 0.125. The predicted octanol–water partition coefficient (Wildman–Crippen LogP) is 1.90. The molecule has 0 amide bonds. The van der Waals surface area contributed by atoms with Gasteiger partial charge in [-0.25, -0.2) is 0 Å². The van der Waals surface area contributed by atoms with Crippen molar-refractivity contribution >= 4 is 0 Å². The van der Waals surface area contributed by atoms with E-state index in [1.165, 1.54) is 0 Å². The molecule has 1 rings (SSSR count). The summed E-state index contributed by atoms with van der Waals surface area (Å²) in [7, 11) is 3.11. The molecule has 5 nitrogen and oxygen atoms in total. The molecule has 14 heavy (non-hydrogen) atoms. The van der Waals surface area contributed by atoms with E-state index in [0.717, 1.165) is 5.56 Å². The SMILES string of the molecule is COc1cc(CON=O)cc(OC)c1. The molecule has 0 radical (unpaired) electrons. The standard InChI is InChI=1S/C9H11NO4/c1-12-8-3-7(6-14-10-11)4-9(5-8)13-2/h3-5H,6H2,1-2H3. The summed E-state index contributed by atoms with van der Waals surface area (Å²) < 4.78 is 10.1. The van der Waals surface area contributed by atoms with E-state index in [1.54, 1.807) is 32.4 Å². The van der Waals surface area contributed by atoms with E-state index in [0.29, 0.717) is 11.5 Å². The topological polar surface area (TPSA) is 57.1 Å². The van der Waals surface area contributed by atoms with Gasteiger partial charge in [-0.3, -0.25) is 0 Å². The molecule has 0 atom stereocenters. The second-order valence-electron chi connectivity index (χ2n) is 2.57. The molecule has 0 saturated heterocycles. The first-order chi connectivity index (χ1) is 6.80. The normalized spacial score (nSPS) is 9.29. The van der Waals surface area contributed by atoms with E-state index in [2.05, 4.69) is 10.2 Å². The average Bonchev–Trinajstić information content (AvgIpc) is 2.25. The fraction of sp³-hybridized carbons (Fsp3) is 0.333. The zero-order valence-corrected chi connectivity index (χ0v) is 8.02. The van der Waals surface area contributed by atoms with Gasteiger partial charge in [0.25, 0.3) is 0 Å². The Morgan fingerprint density at radius 1 is 1.14 bits per heavy atom. The molecule has 0 N–H and O–H groups in total. The molecule has 0 aromatic heterocycles. The molecule has 0 heterocycles. The van der Waals surface area contributed by atoms with Crippen molar-refractivity contribution in [3.8, 4) is 11.5 Å². The van der Waals surface area contributed by atoms with Gasteiger partial charge in [0.05, 0.1) is 14.2 Å². The maximum atomic E-state index is 9.75. The zero-order valence-electron chi connectivity index (χ0n) is 8.02. The summed E-state index contributed by atoms with van der Waals surface area (Å²) in [4.78, 5) is 14.1. The van der Waals surface area contributed by atoms with Crippen LogP contribution in [-0.2, 0) is 11.4 Å². The molecule has 1 aromatic rings. The van der Waals surface area contributed by atoms with E-state index in [4.69, 9.17) is 9.47 Å². The summed E-state index contributed by atoms with van der Waals surface area (Å²) in [5.41, 5.74) is 0.765. The number of nitrogens with zero attached hydrogens (tertiary/aromatic N) is 1. The Bertz CT molecular complexity index is 291. The number of benzene rings is 1. The predicted molar refractivity (Wildman–Crippen MR) is 50.1 cm³/mol. The van der Waals surface area contributed by atoms with E-state index >= 15 is 0 Å². The molecule has 0 aliphatic carbocycles. The lowest BCUT2D eigenvalue weighted by Crippen LogP contribution is -1.92. The highest BCUT2D eigenvalue weighted by Crippen LogP contribution is 2.22. The van der Waals surface area contributed by atoms with E-state index in [-0.39, 0.29) is 6.61 Å². The second kappa shape index (κ2) is 5.06. The van der Waals surface area contributed by atoms with Crippen LogP contribution in [0.5, 0.6) is 11.5 Å². The van der Waals surface area contributed by atoms with E-state index in [1.807, 2.05) is 0 Å².